The second-order valence-electron chi connectivity index (χ2n) is 5.53. The van der Waals surface area contributed by atoms with Crippen molar-refractivity contribution in [2.45, 2.75) is 58.2 Å². The summed E-state index contributed by atoms with van der Waals surface area (Å²) in [6.07, 6.45) is 2.47. The van der Waals surface area contributed by atoms with E-state index < -0.39 is 0 Å². The average molecular weight is 199 g/mol. The number of nitrogens with zero attached hydrogens (tertiary/aromatic N) is 1. The highest BCUT2D eigenvalue weighted by molar-refractivity contribution is 8.13. The molecule has 0 bridgehead atoms. The molecule has 1 unspecified atom stereocenters. The van der Waals surface area contributed by atoms with Gasteiger partial charge < -0.3 is 0 Å². The minimum atomic E-state index is 0.340. The number of rotatable bonds is 0. The van der Waals surface area contributed by atoms with E-state index in [1.54, 1.807) is 0 Å². The van der Waals surface area contributed by atoms with Crippen LogP contribution in [0, 0.1) is 5.41 Å². The van der Waals surface area contributed by atoms with E-state index in [1.807, 2.05) is 17.3 Å². The summed E-state index contributed by atoms with van der Waals surface area (Å²) >= 11 is 1.87. The van der Waals surface area contributed by atoms with E-state index >= 15 is 0 Å². The minimum Gasteiger partial charge on any atom is -0.283 e. The highest BCUT2D eigenvalue weighted by Gasteiger charge is 2.31. The van der Waals surface area contributed by atoms with Gasteiger partial charge in [0, 0.05) is 10.8 Å². The lowest BCUT2D eigenvalue weighted by Crippen LogP contribution is -2.29. The van der Waals surface area contributed by atoms with E-state index in [4.69, 9.17) is 0 Å². The van der Waals surface area contributed by atoms with Gasteiger partial charge in [-0.3, -0.25) is 4.99 Å². The summed E-state index contributed by atoms with van der Waals surface area (Å²) in [5.41, 5.74) is 2.47. The number of thioether (sulfide) groups is 1. The van der Waals surface area contributed by atoms with E-state index in [1.165, 1.54) is 12.8 Å². The first-order chi connectivity index (χ1) is 5.81. The zero-order valence-corrected chi connectivity index (χ0v) is 10.2. The summed E-state index contributed by atoms with van der Waals surface area (Å²) in [7, 11) is 0. The molecule has 0 saturated heterocycles. The molecule has 1 atom stereocenters. The summed E-state index contributed by atoms with van der Waals surface area (Å²) in [6.45, 7) is 11.5. The van der Waals surface area contributed by atoms with Crippen LogP contribution in [0.3, 0.4) is 0 Å². The lowest BCUT2D eigenvalue weighted by molar-refractivity contribution is 0.263. The molecule has 76 valence electrons. The van der Waals surface area contributed by atoms with Crippen molar-refractivity contribution in [3.63, 3.8) is 0 Å². The van der Waals surface area contributed by atoms with Gasteiger partial charge in [0.15, 0.2) is 0 Å². The van der Waals surface area contributed by atoms with Crippen LogP contribution in [0.5, 0.6) is 0 Å². The summed E-state index contributed by atoms with van der Waals surface area (Å²) in [4.78, 5) is 4.51. The second-order valence-corrected chi connectivity index (χ2v) is 7.08. The third-order valence-electron chi connectivity index (χ3n) is 2.44. The maximum Gasteiger partial charge on any atom is 0.0549 e. The fourth-order valence-corrected chi connectivity index (χ4v) is 3.42. The zero-order chi connectivity index (χ0) is 10.1. The van der Waals surface area contributed by atoms with Crippen LogP contribution >= 0.6 is 11.8 Å². The molecule has 0 radical (unpaired) electrons. The molecule has 1 rings (SSSR count). The minimum absolute atomic E-state index is 0.340. The van der Waals surface area contributed by atoms with Crippen molar-refractivity contribution in [3.8, 4) is 0 Å². The largest absolute Gasteiger partial charge is 0.283 e. The Hall–Kier alpha value is 0.0200. The summed E-state index contributed by atoms with van der Waals surface area (Å²) in [6, 6.07) is 0.485. The quantitative estimate of drug-likeness (QED) is 0.579. The van der Waals surface area contributed by atoms with E-state index in [-0.39, 0.29) is 0 Å². The first-order valence-electron chi connectivity index (χ1n) is 5.00. The number of aliphatic imine (C=N–C) groups is 1. The predicted octanol–water partition coefficient (Wildman–Crippen LogP) is 3.74. The van der Waals surface area contributed by atoms with Crippen LogP contribution in [0.1, 0.15) is 47.5 Å². The van der Waals surface area contributed by atoms with E-state index in [9.17, 15) is 0 Å². The Labute approximate surface area is 86.4 Å². The third kappa shape index (κ3) is 3.72. The molecular weight excluding hydrogens is 178 g/mol. The Kier molecular flexibility index (Phi) is 3.11. The van der Waals surface area contributed by atoms with Gasteiger partial charge in [-0.2, -0.15) is 0 Å². The zero-order valence-electron chi connectivity index (χ0n) is 9.42. The summed E-state index contributed by atoms with van der Waals surface area (Å²) in [5, 5.41) is 0. The van der Waals surface area contributed by atoms with Crippen LogP contribution in [0.4, 0.5) is 0 Å². The molecule has 0 aromatic rings. The maximum atomic E-state index is 4.51. The maximum absolute atomic E-state index is 4.51. The molecule has 0 N–H and O–H groups in total. The lowest BCUT2D eigenvalue weighted by atomic mass is 9.79. The van der Waals surface area contributed by atoms with Crippen molar-refractivity contribution in [3.05, 3.63) is 0 Å². The lowest BCUT2D eigenvalue weighted by Gasteiger charge is -2.36. The fraction of sp³-hybridized carbons (Fsp3) is 0.909. The van der Waals surface area contributed by atoms with E-state index in [0.717, 1.165) is 0 Å². The normalized spacial score (nSPS) is 32.2. The van der Waals surface area contributed by atoms with Crippen molar-refractivity contribution in [1.82, 2.24) is 0 Å². The van der Waals surface area contributed by atoms with Crippen molar-refractivity contribution in [2.75, 3.05) is 0 Å². The van der Waals surface area contributed by atoms with Gasteiger partial charge in [-0.25, -0.2) is 0 Å². The molecule has 0 aliphatic carbocycles. The van der Waals surface area contributed by atoms with Crippen molar-refractivity contribution >= 4 is 17.3 Å². The SMILES string of the molecule is CC1CC(C)(C)CC(C)(C)SC=N1. The predicted molar refractivity (Wildman–Crippen MR) is 62.6 cm³/mol. The number of hydrogen-bond acceptors (Lipinski definition) is 2. The Morgan fingerprint density at radius 3 is 2.54 bits per heavy atom. The molecule has 0 spiro atoms. The van der Waals surface area contributed by atoms with Crippen LogP contribution in [0.2, 0.25) is 0 Å². The average Bonchev–Trinajstić information content (AvgIpc) is 1.78. The smallest absolute Gasteiger partial charge is 0.0549 e. The van der Waals surface area contributed by atoms with Crippen molar-refractivity contribution < 1.29 is 0 Å². The van der Waals surface area contributed by atoms with E-state index in [2.05, 4.69) is 39.6 Å². The second kappa shape index (κ2) is 3.64. The summed E-state index contributed by atoms with van der Waals surface area (Å²) in [5.74, 6) is 0. The number of hydrogen-bond donors (Lipinski definition) is 0. The molecule has 1 aliphatic heterocycles. The van der Waals surface area contributed by atoms with Gasteiger partial charge in [0.05, 0.1) is 5.55 Å². The Morgan fingerprint density at radius 1 is 1.31 bits per heavy atom. The van der Waals surface area contributed by atoms with Crippen molar-refractivity contribution in [1.29, 1.82) is 0 Å². The molecule has 0 saturated carbocycles. The van der Waals surface area contributed by atoms with Gasteiger partial charge in [-0.05, 0) is 25.2 Å². The third-order valence-corrected chi connectivity index (χ3v) is 3.45. The molecular formula is C11H21NS. The van der Waals surface area contributed by atoms with E-state index in [0.29, 0.717) is 16.2 Å². The van der Waals surface area contributed by atoms with Gasteiger partial charge in [-0.15, -0.1) is 11.8 Å². The highest BCUT2D eigenvalue weighted by atomic mass is 32.2. The van der Waals surface area contributed by atoms with Crippen LogP contribution in [0.25, 0.3) is 0 Å². The summed E-state index contributed by atoms with van der Waals surface area (Å²) < 4.78 is 0.340. The molecule has 0 aromatic heterocycles. The standard InChI is InChI=1S/C11H21NS/c1-9-6-10(2,3)7-11(4,5)13-8-12-9/h8-9H,6-7H2,1-5H3. The van der Waals surface area contributed by atoms with Crippen LogP contribution in [-0.2, 0) is 0 Å². The molecule has 13 heavy (non-hydrogen) atoms. The molecule has 1 heterocycles. The van der Waals surface area contributed by atoms with Crippen LogP contribution < -0.4 is 0 Å². The molecule has 0 amide bonds. The van der Waals surface area contributed by atoms with Crippen LogP contribution in [0.15, 0.2) is 4.99 Å². The van der Waals surface area contributed by atoms with Gasteiger partial charge >= 0.3 is 0 Å². The Balaban J connectivity index is 2.78. The topological polar surface area (TPSA) is 12.4 Å². The molecule has 2 heteroatoms. The van der Waals surface area contributed by atoms with Gasteiger partial charge in [-0.1, -0.05) is 27.7 Å². The van der Waals surface area contributed by atoms with Gasteiger partial charge in [0.1, 0.15) is 0 Å². The first kappa shape index (κ1) is 11.1. The molecule has 1 nitrogen and oxygen atoms in total. The fourth-order valence-electron chi connectivity index (χ4n) is 2.40. The molecule has 0 fully saturated rings. The van der Waals surface area contributed by atoms with Crippen molar-refractivity contribution in [2.24, 2.45) is 10.4 Å². The van der Waals surface area contributed by atoms with Gasteiger partial charge in [0.2, 0.25) is 0 Å². The monoisotopic (exact) mass is 199 g/mol. The molecule has 0 aromatic carbocycles. The first-order valence-corrected chi connectivity index (χ1v) is 5.88. The highest BCUT2D eigenvalue weighted by Crippen LogP contribution is 2.40. The molecule has 1 aliphatic rings. The Morgan fingerprint density at radius 2 is 1.92 bits per heavy atom. The van der Waals surface area contributed by atoms with Crippen LogP contribution in [-0.4, -0.2) is 16.3 Å². The Bertz CT molecular complexity index is 206. The van der Waals surface area contributed by atoms with Gasteiger partial charge in [0.25, 0.3) is 0 Å².